The lowest BCUT2D eigenvalue weighted by Crippen LogP contribution is -2.21. The molecule has 0 aromatic heterocycles. The highest BCUT2D eigenvalue weighted by atomic mass is 79.9. The van der Waals surface area contributed by atoms with Gasteiger partial charge in [0.25, 0.3) is 0 Å². The smallest absolute Gasteiger partial charge is 0.0925 e. The van der Waals surface area contributed by atoms with Crippen molar-refractivity contribution in [3.8, 4) is 11.1 Å². The molecule has 1 atom stereocenters. The highest BCUT2D eigenvalue weighted by Gasteiger charge is 2.22. The fourth-order valence-electron chi connectivity index (χ4n) is 2.03. The number of halogens is 2. The van der Waals surface area contributed by atoms with Crippen LogP contribution in [0.2, 0.25) is 0 Å². The Morgan fingerprint density at radius 1 is 1.11 bits per heavy atom. The first-order valence-corrected chi connectivity index (χ1v) is 6.98. The third-order valence-electron chi connectivity index (χ3n) is 3.27. The zero-order chi connectivity index (χ0) is 13.9. The Bertz CT molecular complexity index is 549. The lowest BCUT2D eigenvalue weighted by Gasteiger charge is -2.22. The Morgan fingerprint density at radius 2 is 1.74 bits per heavy atom. The van der Waals surface area contributed by atoms with E-state index in [0.717, 1.165) is 21.2 Å². The Hall–Kier alpha value is -1.19. The quantitative estimate of drug-likeness (QED) is 0.866. The molecule has 0 spiro atoms. The van der Waals surface area contributed by atoms with Gasteiger partial charge in [0.05, 0.1) is 12.3 Å². The molecule has 0 radical (unpaired) electrons. The summed E-state index contributed by atoms with van der Waals surface area (Å²) in [6.45, 7) is 1.11. The predicted molar refractivity (Wildman–Crippen MR) is 79.7 cm³/mol. The van der Waals surface area contributed by atoms with E-state index in [-0.39, 0.29) is 6.42 Å². The second-order valence-corrected chi connectivity index (χ2v) is 5.62. The summed E-state index contributed by atoms with van der Waals surface area (Å²) in [6, 6.07) is 15.6. The van der Waals surface area contributed by atoms with Crippen LogP contribution in [0.4, 0.5) is 4.39 Å². The molecule has 100 valence electrons. The molecule has 0 saturated heterocycles. The third kappa shape index (κ3) is 3.23. The van der Waals surface area contributed by atoms with Gasteiger partial charge in [-0.05, 0) is 29.7 Å². The summed E-state index contributed by atoms with van der Waals surface area (Å²) in [6.07, 6.45) is 0.112. The zero-order valence-corrected chi connectivity index (χ0v) is 12.3. The summed E-state index contributed by atoms with van der Waals surface area (Å²) in [4.78, 5) is 0. The summed E-state index contributed by atoms with van der Waals surface area (Å²) >= 11 is 3.52. The van der Waals surface area contributed by atoms with Gasteiger partial charge >= 0.3 is 0 Å². The van der Waals surface area contributed by atoms with Gasteiger partial charge in [0, 0.05) is 10.9 Å². The van der Waals surface area contributed by atoms with Crippen molar-refractivity contribution in [2.45, 2.75) is 18.9 Å². The van der Waals surface area contributed by atoms with Crippen LogP contribution in [0.5, 0.6) is 0 Å². The van der Waals surface area contributed by atoms with Gasteiger partial charge in [-0.15, -0.1) is 0 Å². The van der Waals surface area contributed by atoms with Gasteiger partial charge in [0.2, 0.25) is 0 Å². The van der Waals surface area contributed by atoms with Crippen molar-refractivity contribution in [1.29, 1.82) is 0 Å². The van der Waals surface area contributed by atoms with E-state index in [1.54, 1.807) is 6.92 Å². The van der Waals surface area contributed by atoms with E-state index in [0.29, 0.717) is 0 Å². The summed E-state index contributed by atoms with van der Waals surface area (Å²) < 4.78 is 13.4. The van der Waals surface area contributed by atoms with Gasteiger partial charge < -0.3 is 5.11 Å². The molecule has 2 aromatic carbocycles. The van der Waals surface area contributed by atoms with Crippen molar-refractivity contribution < 1.29 is 9.50 Å². The zero-order valence-electron chi connectivity index (χ0n) is 10.7. The maximum Gasteiger partial charge on any atom is 0.0925 e. The van der Waals surface area contributed by atoms with Gasteiger partial charge in [0.15, 0.2) is 0 Å². The lowest BCUT2D eigenvalue weighted by atomic mass is 9.91. The van der Waals surface area contributed by atoms with Crippen LogP contribution in [0, 0.1) is 0 Å². The minimum Gasteiger partial charge on any atom is -0.385 e. The first-order chi connectivity index (χ1) is 9.04. The first kappa shape index (κ1) is 14.2. The van der Waals surface area contributed by atoms with E-state index >= 15 is 0 Å². The number of alkyl halides is 1. The van der Waals surface area contributed by atoms with Crippen LogP contribution in [-0.4, -0.2) is 11.8 Å². The highest BCUT2D eigenvalue weighted by molar-refractivity contribution is 9.10. The maximum atomic E-state index is 12.4. The lowest BCUT2D eigenvalue weighted by molar-refractivity contribution is 0.0408. The van der Waals surface area contributed by atoms with Crippen LogP contribution in [0.1, 0.15) is 18.9 Å². The monoisotopic (exact) mass is 322 g/mol. The largest absolute Gasteiger partial charge is 0.385 e. The second-order valence-electron chi connectivity index (χ2n) is 4.77. The van der Waals surface area contributed by atoms with Crippen LogP contribution in [0.15, 0.2) is 53.0 Å². The van der Waals surface area contributed by atoms with Crippen LogP contribution in [-0.2, 0) is 5.60 Å². The summed E-state index contributed by atoms with van der Waals surface area (Å²) in [5, 5.41) is 10.2. The molecule has 2 aromatic rings. The van der Waals surface area contributed by atoms with Gasteiger partial charge in [-0.1, -0.05) is 58.4 Å². The van der Waals surface area contributed by atoms with E-state index in [2.05, 4.69) is 15.9 Å². The predicted octanol–water partition coefficient (Wildman–Crippen LogP) is 4.68. The third-order valence-corrected chi connectivity index (χ3v) is 3.96. The van der Waals surface area contributed by atoms with Gasteiger partial charge in [-0.25, -0.2) is 0 Å². The Kier molecular flexibility index (Phi) is 4.38. The number of benzene rings is 2. The normalized spacial score (nSPS) is 14.1. The summed E-state index contributed by atoms with van der Waals surface area (Å²) in [7, 11) is 0. The number of aliphatic hydroxyl groups is 1. The average molecular weight is 323 g/mol. The molecule has 0 aliphatic heterocycles. The first-order valence-electron chi connectivity index (χ1n) is 6.18. The molecule has 3 heteroatoms. The van der Waals surface area contributed by atoms with Crippen molar-refractivity contribution in [2.24, 2.45) is 0 Å². The highest BCUT2D eigenvalue weighted by Crippen LogP contribution is 2.30. The molecule has 1 N–H and O–H groups in total. The van der Waals surface area contributed by atoms with E-state index < -0.39 is 12.3 Å². The van der Waals surface area contributed by atoms with Gasteiger partial charge in [0.1, 0.15) is 0 Å². The van der Waals surface area contributed by atoms with Crippen molar-refractivity contribution in [2.75, 3.05) is 6.67 Å². The fourth-order valence-corrected chi connectivity index (χ4v) is 2.55. The van der Waals surface area contributed by atoms with Crippen LogP contribution in [0.25, 0.3) is 11.1 Å². The van der Waals surface area contributed by atoms with Gasteiger partial charge in [-0.2, -0.15) is 0 Å². The Morgan fingerprint density at radius 3 is 2.32 bits per heavy atom. The van der Waals surface area contributed by atoms with Crippen LogP contribution in [0.3, 0.4) is 0 Å². The molecule has 0 aliphatic rings. The van der Waals surface area contributed by atoms with Gasteiger partial charge in [-0.3, -0.25) is 4.39 Å². The van der Waals surface area contributed by atoms with E-state index in [1.807, 2.05) is 48.5 Å². The molecule has 0 saturated carbocycles. The number of hydrogen-bond acceptors (Lipinski definition) is 1. The SMILES string of the molecule is CC(O)(CCF)c1ccc(-c2ccccc2Br)cc1. The van der Waals surface area contributed by atoms with E-state index in [1.165, 1.54) is 0 Å². The fraction of sp³-hybridized carbons (Fsp3) is 0.250. The van der Waals surface area contributed by atoms with E-state index in [9.17, 15) is 9.50 Å². The molecule has 1 unspecified atom stereocenters. The van der Waals surface area contributed by atoms with Crippen molar-refractivity contribution in [3.05, 3.63) is 58.6 Å². The molecule has 0 fully saturated rings. The van der Waals surface area contributed by atoms with Crippen molar-refractivity contribution >= 4 is 15.9 Å². The molecule has 0 amide bonds. The molecular formula is C16H16BrFO. The molecule has 0 heterocycles. The molecule has 1 nitrogen and oxygen atoms in total. The van der Waals surface area contributed by atoms with Crippen LogP contribution >= 0.6 is 15.9 Å². The number of hydrogen-bond donors (Lipinski definition) is 1. The minimum absolute atomic E-state index is 0.112. The maximum absolute atomic E-state index is 12.4. The Labute approximate surface area is 121 Å². The molecule has 19 heavy (non-hydrogen) atoms. The molecule has 0 bridgehead atoms. The summed E-state index contributed by atoms with van der Waals surface area (Å²) in [5.41, 5.74) is 1.79. The second kappa shape index (κ2) is 5.85. The van der Waals surface area contributed by atoms with E-state index in [4.69, 9.17) is 0 Å². The number of rotatable bonds is 4. The molecule has 0 aliphatic carbocycles. The Balaban J connectivity index is 2.31. The van der Waals surface area contributed by atoms with Crippen molar-refractivity contribution in [3.63, 3.8) is 0 Å². The minimum atomic E-state index is -1.11. The topological polar surface area (TPSA) is 20.2 Å². The molecule has 2 rings (SSSR count). The standard InChI is InChI=1S/C16H16BrFO/c1-16(19,10-11-18)13-8-6-12(7-9-13)14-4-2-3-5-15(14)17/h2-9,19H,10-11H2,1H3. The van der Waals surface area contributed by atoms with Crippen molar-refractivity contribution in [1.82, 2.24) is 0 Å². The van der Waals surface area contributed by atoms with Crippen LogP contribution < -0.4 is 0 Å². The average Bonchev–Trinajstić information content (AvgIpc) is 2.39. The summed E-state index contributed by atoms with van der Waals surface area (Å²) in [5.74, 6) is 0. The molecular weight excluding hydrogens is 307 g/mol.